The lowest BCUT2D eigenvalue weighted by molar-refractivity contribution is -0.239. The summed E-state index contributed by atoms with van der Waals surface area (Å²) in [5.74, 6) is 4.80. The van der Waals surface area contributed by atoms with E-state index in [0.29, 0.717) is 5.75 Å². The van der Waals surface area contributed by atoms with Crippen LogP contribution in [0.4, 0.5) is 23.7 Å². The van der Waals surface area contributed by atoms with Gasteiger partial charge in [0.05, 0.1) is 18.4 Å². The minimum Gasteiger partial charge on any atom is -0.495 e. The van der Waals surface area contributed by atoms with Gasteiger partial charge in [-0.05, 0) is 36.3 Å². The van der Waals surface area contributed by atoms with Crippen LogP contribution in [0.5, 0.6) is 5.75 Å². The summed E-state index contributed by atoms with van der Waals surface area (Å²) in [6.07, 6.45) is -6.26. The normalized spacial score (nSPS) is 18.7. The number of ether oxygens (including phenoxy) is 2. The molecular weight excluding hydrogens is 371 g/mol. The van der Waals surface area contributed by atoms with Crippen LogP contribution >= 0.6 is 11.6 Å². The molecule has 0 saturated heterocycles. The zero-order valence-corrected chi connectivity index (χ0v) is 14.0. The number of methoxy groups -OCH3 is 1. The van der Waals surface area contributed by atoms with Gasteiger partial charge >= 0.3 is 12.3 Å². The number of halogens is 4. The van der Waals surface area contributed by atoms with Crippen molar-refractivity contribution in [2.45, 2.75) is 11.8 Å². The molecule has 1 aliphatic heterocycles. The minimum atomic E-state index is -5.00. The summed E-state index contributed by atoms with van der Waals surface area (Å²) in [5, 5.41) is 2.27. The molecule has 1 unspecified atom stereocenters. The van der Waals surface area contributed by atoms with Crippen LogP contribution in [-0.2, 0) is 10.3 Å². The second-order valence-corrected chi connectivity index (χ2v) is 5.77. The predicted octanol–water partition coefficient (Wildman–Crippen LogP) is 4.72. The van der Waals surface area contributed by atoms with E-state index in [1.165, 1.54) is 25.3 Å². The number of hydrogen-bond donors (Lipinski definition) is 1. The van der Waals surface area contributed by atoms with E-state index in [-0.39, 0.29) is 21.8 Å². The van der Waals surface area contributed by atoms with Gasteiger partial charge in [-0.25, -0.2) is 4.79 Å². The number of rotatable bonds is 1. The van der Waals surface area contributed by atoms with Crippen molar-refractivity contribution in [3.8, 4) is 17.6 Å². The zero-order chi connectivity index (χ0) is 18.9. The number of cyclic esters (lactones) is 1. The molecule has 1 N–H and O–H groups in total. The van der Waals surface area contributed by atoms with Gasteiger partial charge in [0.1, 0.15) is 5.75 Å². The number of alkyl halides is 3. The molecular formula is C18H11ClF3NO3. The fourth-order valence-corrected chi connectivity index (χ4v) is 2.70. The largest absolute Gasteiger partial charge is 0.495 e. The van der Waals surface area contributed by atoms with Crippen molar-refractivity contribution >= 4 is 23.4 Å². The highest BCUT2D eigenvalue weighted by atomic mass is 35.5. The van der Waals surface area contributed by atoms with Gasteiger partial charge in [-0.2, -0.15) is 13.2 Å². The summed E-state index contributed by atoms with van der Waals surface area (Å²) in [6.45, 7) is 0. The molecule has 0 aliphatic carbocycles. The molecule has 0 radical (unpaired) electrons. The van der Waals surface area contributed by atoms with Gasteiger partial charge in [-0.15, -0.1) is 0 Å². The molecule has 8 heteroatoms. The summed E-state index contributed by atoms with van der Waals surface area (Å²) in [5.41, 5.74) is -3.40. The van der Waals surface area contributed by atoms with Crippen LogP contribution in [0.25, 0.3) is 0 Å². The van der Waals surface area contributed by atoms with E-state index in [2.05, 4.69) is 21.9 Å². The summed E-state index contributed by atoms with van der Waals surface area (Å²) in [4.78, 5) is 11.7. The third-order valence-electron chi connectivity index (χ3n) is 3.72. The lowest BCUT2D eigenvalue weighted by atomic mass is 9.90. The summed E-state index contributed by atoms with van der Waals surface area (Å²) in [7, 11) is 1.37. The molecule has 1 aliphatic rings. The van der Waals surface area contributed by atoms with Crippen LogP contribution in [0.15, 0.2) is 42.5 Å². The highest BCUT2D eigenvalue weighted by Crippen LogP contribution is 2.47. The minimum absolute atomic E-state index is 0.0521. The second kappa shape index (κ2) is 6.46. The van der Waals surface area contributed by atoms with Crippen molar-refractivity contribution in [2.75, 3.05) is 12.4 Å². The highest BCUT2D eigenvalue weighted by Gasteiger charge is 2.62. The quantitative estimate of drug-likeness (QED) is 0.727. The Bertz CT molecular complexity index is 933. The number of nitrogens with one attached hydrogen (secondary N) is 1. The van der Waals surface area contributed by atoms with E-state index in [9.17, 15) is 18.0 Å². The lowest BCUT2D eigenvalue weighted by Crippen LogP contribution is -2.49. The molecule has 2 aromatic carbocycles. The molecule has 1 amide bonds. The van der Waals surface area contributed by atoms with Gasteiger partial charge in [-0.1, -0.05) is 29.7 Å². The number of para-hydroxylation sites is 1. The van der Waals surface area contributed by atoms with Crippen molar-refractivity contribution < 1.29 is 27.4 Å². The average Bonchev–Trinajstić information content (AvgIpc) is 2.59. The van der Waals surface area contributed by atoms with Gasteiger partial charge in [0, 0.05) is 10.6 Å². The van der Waals surface area contributed by atoms with Gasteiger partial charge in [0.15, 0.2) is 0 Å². The van der Waals surface area contributed by atoms with Gasteiger partial charge in [-0.3, -0.25) is 5.32 Å². The Hall–Kier alpha value is -2.85. The van der Waals surface area contributed by atoms with E-state index >= 15 is 0 Å². The molecule has 3 rings (SSSR count). The van der Waals surface area contributed by atoms with E-state index in [0.717, 1.165) is 6.07 Å². The first-order chi connectivity index (χ1) is 12.3. The number of hydrogen-bond acceptors (Lipinski definition) is 3. The van der Waals surface area contributed by atoms with Crippen LogP contribution < -0.4 is 10.1 Å². The molecule has 0 aromatic heterocycles. The predicted molar refractivity (Wildman–Crippen MR) is 89.2 cm³/mol. The van der Waals surface area contributed by atoms with E-state index in [4.69, 9.17) is 16.3 Å². The molecule has 0 fully saturated rings. The second-order valence-electron chi connectivity index (χ2n) is 5.33. The van der Waals surface area contributed by atoms with Gasteiger partial charge in [0.25, 0.3) is 5.60 Å². The van der Waals surface area contributed by atoms with Crippen LogP contribution in [0, 0.1) is 11.8 Å². The number of carbonyl (C=O) groups excluding carboxylic acids is 1. The Morgan fingerprint density at radius 3 is 2.65 bits per heavy atom. The zero-order valence-electron chi connectivity index (χ0n) is 13.3. The fourth-order valence-electron chi connectivity index (χ4n) is 2.52. The van der Waals surface area contributed by atoms with Crippen LogP contribution in [-0.4, -0.2) is 19.4 Å². The smallest absolute Gasteiger partial charge is 0.445 e. The molecule has 134 valence electrons. The monoisotopic (exact) mass is 381 g/mol. The average molecular weight is 382 g/mol. The molecule has 26 heavy (non-hydrogen) atoms. The summed E-state index contributed by atoms with van der Waals surface area (Å²) in [6, 6.07) is 10.0. The maximum Gasteiger partial charge on any atom is 0.445 e. The molecule has 4 nitrogen and oxygen atoms in total. The van der Waals surface area contributed by atoms with Crippen molar-refractivity contribution in [3.05, 3.63) is 58.6 Å². The van der Waals surface area contributed by atoms with Crippen LogP contribution in [0.3, 0.4) is 0 Å². The number of fused-ring (bicyclic) bond motifs is 1. The molecule has 1 heterocycles. The SMILES string of the molecule is COc1ccccc1C#CC1(C(F)(F)F)OC(=O)Nc2ccc(Cl)cc21. The lowest BCUT2D eigenvalue weighted by Gasteiger charge is -2.35. The Kier molecular flexibility index (Phi) is 4.46. The molecule has 2 aromatic rings. The standard InChI is InChI=1S/C18H11ClF3NO3/c1-25-15-5-3-2-4-11(15)8-9-17(18(20,21)22)13-10-12(19)6-7-14(13)23-16(24)26-17/h2-7,10H,1H3,(H,23,24). The van der Waals surface area contributed by atoms with Crippen molar-refractivity contribution in [3.63, 3.8) is 0 Å². The third kappa shape index (κ3) is 3.04. The molecule has 0 bridgehead atoms. The first-order valence-electron chi connectivity index (χ1n) is 7.30. The van der Waals surface area contributed by atoms with Gasteiger partial charge < -0.3 is 9.47 Å². The van der Waals surface area contributed by atoms with Gasteiger partial charge in [0.2, 0.25) is 0 Å². The Morgan fingerprint density at radius 2 is 1.96 bits per heavy atom. The van der Waals surface area contributed by atoms with E-state index in [1.807, 2.05) is 0 Å². The first-order valence-corrected chi connectivity index (χ1v) is 7.67. The summed E-state index contributed by atoms with van der Waals surface area (Å²) >= 11 is 5.85. The maximum atomic E-state index is 14.0. The van der Waals surface area contributed by atoms with Crippen LogP contribution in [0.1, 0.15) is 11.1 Å². The Morgan fingerprint density at radius 1 is 1.23 bits per heavy atom. The van der Waals surface area contributed by atoms with Crippen molar-refractivity contribution in [2.24, 2.45) is 0 Å². The first kappa shape index (κ1) is 18.0. The van der Waals surface area contributed by atoms with E-state index < -0.39 is 17.9 Å². The summed E-state index contributed by atoms with van der Waals surface area (Å²) < 4.78 is 51.7. The number of carbonyl (C=O) groups is 1. The van der Waals surface area contributed by atoms with Crippen LogP contribution in [0.2, 0.25) is 5.02 Å². The maximum absolute atomic E-state index is 14.0. The fraction of sp³-hybridized carbons (Fsp3) is 0.167. The molecule has 0 spiro atoms. The Labute approximate surface area is 151 Å². The highest BCUT2D eigenvalue weighted by molar-refractivity contribution is 6.30. The third-order valence-corrected chi connectivity index (χ3v) is 3.96. The molecule has 1 atom stereocenters. The van der Waals surface area contributed by atoms with Crippen molar-refractivity contribution in [1.82, 2.24) is 0 Å². The number of benzene rings is 2. The topological polar surface area (TPSA) is 47.6 Å². The number of amides is 1. The number of anilines is 1. The molecule has 0 saturated carbocycles. The van der Waals surface area contributed by atoms with Crippen molar-refractivity contribution in [1.29, 1.82) is 0 Å². The van der Waals surface area contributed by atoms with E-state index in [1.54, 1.807) is 18.2 Å². The Balaban J connectivity index is 2.24.